The van der Waals surface area contributed by atoms with E-state index in [0.29, 0.717) is 6.54 Å². The third-order valence-electron chi connectivity index (χ3n) is 3.49. The SMILES string of the molecule is CN(C)Cc1ccc(CNCc2ccccc2C(F)(F)F)cc1. The van der Waals surface area contributed by atoms with E-state index < -0.39 is 11.7 Å². The van der Waals surface area contributed by atoms with Crippen molar-refractivity contribution in [2.75, 3.05) is 14.1 Å². The van der Waals surface area contributed by atoms with E-state index in [4.69, 9.17) is 0 Å². The first kappa shape index (κ1) is 17.5. The molecule has 1 N–H and O–H groups in total. The minimum absolute atomic E-state index is 0.190. The lowest BCUT2D eigenvalue weighted by Crippen LogP contribution is -2.17. The molecule has 2 nitrogen and oxygen atoms in total. The normalized spacial score (nSPS) is 11.9. The maximum atomic E-state index is 12.9. The van der Waals surface area contributed by atoms with Crippen LogP contribution in [0.1, 0.15) is 22.3 Å². The second-order valence-electron chi connectivity index (χ2n) is 5.81. The van der Waals surface area contributed by atoms with Gasteiger partial charge in [-0.05, 0) is 36.9 Å². The zero-order valence-corrected chi connectivity index (χ0v) is 13.3. The fourth-order valence-electron chi connectivity index (χ4n) is 2.42. The number of alkyl halides is 3. The predicted octanol–water partition coefficient (Wildman–Crippen LogP) is 4.06. The molecule has 0 aliphatic carbocycles. The maximum absolute atomic E-state index is 12.9. The minimum atomic E-state index is -4.31. The molecular weight excluding hydrogens is 301 g/mol. The Bertz CT molecular complexity index is 619. The summed E-state index contributed by atoms with van der Waals surface area (Å²) in [7, 11) is 4.02. The van der Waals surface area contributed by atoms with Crippen LogP contribution >= 0.6 is 0 Å². The van der Waals surface area contributed by atoms with Crippen LogP contribution in [-0.4, -0.2) is 19.0 Å². The van der Waals surface area contributed by atoms with Crippen molar-refractivity contribution in [3.05, 3.63) is 70.8 Å². The van der Waals surface area contributed by atoms with E-state index in [0.717, 1.165) is 18.2 Å². The third kappa shape index (κ3) is 5.37. The predicted molar refractivity (Wildman–Crippen MR) is 85.8 cm³/mol. The number of halogens is 3. The van der Waals surface area contributed by atoms with Gasteiger partial charge in [0.05, 0.1) is 5.56 Å². The van der Waals surface area contributed by atoms with E-state index in [1.165, 1.54) is 17.7 Å². The highest BCUT2D eigenvalue weighted by Crippen LogP contribution is 2.31. The van der Waals surface area contributed by atoms with Crippen molar-refractivity contribution in [2.24, 2.45) is 0 Å². The zero-order valence-electron chi connectivity index (χ0n) is 13.3. The second-order valence-corrected chi connectivity index (χ2v) is 5.81. The summed E-state index contributed by atoms with van der Waals surface area (Å²) in [5.74, 6) is 0. The minimum Gasteiger partial charge on any atom is -0.309 e. The van der Waals surface area contributed by atoms with Gasteiger partial charge in [-0.25, -0.2) is 0 Å². The number of benzene rings is 2. The van der Waals surface area contributed by atoms with Gasteiger partial charge in [-0.3, -0.25) is 0 Å². The molecule has 0 aliphatic rings. The zero-order chi connectivity index (χ0) is 16.9. The molecule has 0 atom stereocenters. The van der Waals surface area contributed by atoms with Crippen LogP contribution in [0, 0.1) is 0 Å². The Balaban J connectivity index is 1.93. The monoisotopic (exact) mass is 322 g/mol. The Kier molecular flexibility index (Phi) is 5.80. The Morgan fingerprint density at radius 2 is 1.48 bits per heavy atom. The van der Waals surface area contributed by atoms with Crippen molar-refractivity contribution in [1.29, 1.82) is 0 Å². The number of hydrogen-bond acceptors (Lipinski definition) is 2. The molecule has 5 heteroatoms. The number of nitrogens with zero attached hydrogens (tertiary/aromatic N) is 1. The first-order chi connectivity index (χ1) is 10.9. The van der Waals surface area contributed by atoms with Crippen LogP contribution < -0.4 is 5.32 Å². The van der Waals surface area contributed by atoms with Gasteiger partial charge >= 0.3 is 6.18 Å². The number of rotatable bonds is 6. The molecule has 0 aliphatic heterocycles. The van der Waals surface area contributed by atoms with Gasteiger partial charge < -0.3 is 10.2 Å². The lowest BCUT2D eigenvalue weighted by Gasteiger charge is -2.13. The summed E-state index contributed by atoms with van der Waals surface area (Å²) in [6.45, 7) is 1.59. The molecule has 0 spiro atoms. The Morgan fingerprint density at radius 3 is 2.09 bits per heavy atom. The van der Waals surface area contributed by atoms with Gasteiger partial charge in [-0.1, -0.05) is 42.5 Å². The van der Waals surface area contributed by atoms with Gasteiger partial charge in [-0.2, -0.15) is 13.2 Å². The quantitative estimate of drug-likeness (QED) is 0.863. The largest absolute Gasteiger partial charge is 0.416 e. The van der Waals surface area contributed by atoms with Crippen molar-refractivity contribution in [2.45, 2.75) is 25.8 Å². The van der Waals surface area contributed by atoms with Gasteiger partial charge in [0.25, 0.3) is 0 Å². The molecule has 0 amide bonds. The highest BCUT2D eigenvalue weighted by molar-refractivity contribution is 5.29. The fraction of sp³-hybridized carbons (Fsp3) is 0.333. The summed E-state index contributed by atoms with van der Waals surface area (Å²) in [6.07, 6.45) is -4.31. The molecule has 2 rings (SSSR count). The van der Waals surface area contributed by atoms with Crippen LogP contribution in [-0.2, 0) is 25.8 Å². The molecule has 0 radical (unpaired) electrons. The molecule has 0 aromatic heterocycles. The molecule has 23 heavy (non-hydrogen) atoms. The lowest BCUT2D eigenvalue weighted by molar-refractivity contribution is -0.138. The average Bonchev–Trinajstić information content (AvgIpc) is 2.48. The Labute approximate surface area is 134 Å². The van der Waals surface area contributed by atoms with E-state index in [1.54, 1.807) is 6.07 Å². The van der Waals surface area contributed by atoms with Crippen molar-refractivity contribution in [3.63, 3.8) is 0 Å². The highest BCUT2D eigenvalue weighted by atomic mass is 19.4. The van der Waals surface area contributed by atoms with Crippen molar-refractivity contribution < 1.29 is 13.2 Å². The van der Waals surface area contributed by atoms with Crippen molar-refractivity contribution in [1.82, 2.24) is 10.2 Å². The molecule has 0 saturated heterocycles. The summed E-state index contributed by atoms with van der Waals surface area (Å²) in [5, 5.41) is 3.08. The second kappa shape index (κ2) is 7.62. The maximum Gasteiger partial charge on any atom is 0.416 e. The molecule has 2 aromatic carbocycles. The van der Waals surface area contributed by atoms with Gasteiger partial charge in [0.2, 0.25) is 0 Å². The van der Waals surface area contributed by atoms with Crippen molar-refractivity contribution in [3.8, 4) is 0 Å². The molecule has 0 fully saturated rings. The van der Waals surface area contributed by atoms with Crippen LogP contribution in [0.4, 0.5) is 13.2 Å². The first-order valence-corrected chi connectivity index (χ1v) is 7.44. The molecule has 0 bridgehead atoms. The van der Waals surface area contributed by atoms with Crippen LogP contribution in [0.15, 0.2) is 48.5 Å². The van der Waals surface area contributed by atoms with Crippen LogP contribution in [0.2, 0.25) is 0 Å². The number of nitrogens with one attached hydrogen (secondary N) is 1. The molecule has 2 aromatic rings. The first-order valence-electron chi connectivity index (χ1n) is 7.44. The van der Waals surface area contributed by atoms with Gasteiger partial charge in [-0.15, -0.1) is 0 Å². The summed E-state index contributed by atoms with van der Waals surface area (Å²) in [6, 6.07) is 13.8. The average molecular weight is 322 g/mol. The van der Waals surface area contributed by atoms with E-state index >= 15 is 0 Å². The highest BCUT2D eigenvalue weighted by Gasteiger charge is 2.32. The van der Waals surface area contributed by atoms with E-state index in [2.05, 4.69) is 10.2 Å². The standard InChI is InChI=1S/C18H21F3N2/c1-23(2)13-15-9-7-14(8-10-15)11-22-12-16-5-3-4-6-17(16)18(19,20)21/h3-10,22H,11-13H2,1-2H3. The molecule has 0 unspecified atom stereocenters. The third-order valence-corrected chi connectivity index (χ3v) is 3.49. The van der Waals surface area contributed by atoms with E-state index in [-0.39, 0.29) is 12.1 Å². The Hall–Kier alpha value is -1.85. The number of hydrogen-bond donors (Lipinski definition) is 1. The molecule has 0 saturated carbocycles. The van der Waals surface area contributed by atoms with Gasteiger partial charge in [0.1, 0.15) is 0 Å². The van der Waals surface area contributed by atoms with E-state index in [9.17, 15) is 13.2 Å². The smallest absolute Gasteiger partial charge is 0.309 e. The summed E-state index contributed by atoms with van der Waals surface area (Å²) in [5.41, 5.74) is 1.95. The molecular formula is C18H21F3N2. The Morgan fingerprint density at radius 1 is 0.870 bits per heavy atom. The van der Waals surface area contributed by atoms with Gasteiger partial charge in [0, 0.05) is 19.6 Å². The summed E-state index contributed by atoms with van der Waals surface area (Å²) in [4.78, 5) is 2.08. The van der Waals surface area contributed by atoms with Crippen LogP contribution in [0.25, 0.3) is 0 Å². The van der Waals surface area contributed by atoms with Crippen molar-refractivity contribution >= 4 is 0 Å². The van der Waals surface area contributed by atoms with Gasteiger partial charge in [0.15, 0.2) is 0 Å². The summed E-state index contributed by atoms with van der Waals surface area (Å²) >= 11 is 0. The lowest BCUT2D eigenvalue weighted by atomic mass is 10.1. The van der Waals surface area contributed by atoms with E-state index in [1.807, 2.05) is 38.4 Å². The van der Waals surface area contributed by atoms with Crippen LogP contribution in [0.3, 0.4) is 0 Å². The summed E-state index contributed by atoms with van der Waals surface area (Å²) < 4.78 is 38.7. The molecule has 124 valence electrons. The van der Waals surface area contributed by atoms with Crippen LogP contribution in [0.5, 0.6) is 0 Å². The molecule has 0 heterocycles. The topological polar surface area (TPSA) is 15.3 Å². The fourth-order valence-corrected chi connectivity index (χ4v) is 2.42.